The van der Waals surface area contributed by atoms with Crippen LogP contribution < -0.4 is 9.47 Å². The number of halogens is 4. The number of methoxy groups -OCH3 is 2. The average molecular weight is 554 g/mol. The molecule has 0 N–H and O–H groups in total. The minimum Gasteiger partial charge on any atom is -0.453 e. The zero-order valence-corrected chi connectivity index (χ0v) is 22.3. The zero-order valence-electron chi connectivity index (χ0n) is 20.7. The Labute approximate surface area is 229 Å². The van der Waals surface area contributed by atoms with E-state index in [1.165, 1.54) is 35.5 Å². The van der Waals surface area contributed by atoms with Crippen LogP contribution in [0.15, 0.2) is 60.9 Å². The summed E-state index contributed by atoms with van der Waals surface area (Å²) in [5, 5.41) is 0. The number of benzene rings is 2. The van der Waals surface area contributed by atoms with Crippen molar-refractivity contribution in [1.82, 2.24) is 9.13 Å². The number of aromatic nitrogens is 2. The Hall–Kier alpha value is -3.05. The summed E-state index contributed by atoms with van der Waals surface area (Å²) in [6.07, 6.45) is 3.21. The number of hydrogen-bond donors (Lipinski definition) is 0. The fraction of sp³-hybridized carbons (Fsp3) is 0.154. The summed E-state index contributed by atoms with van der Waals surface area (Å²) >= 11 is 0. The molecule has 0 amide bonds. The van der Waals surface area contributed by atoms with E-state index in [1.807, 2.05) is 12.1 Å². The van der Waals surface area contributed by atoms with Gasteiger partial charge in [-0.15, -0.1) is 36.4 Å². The molecule has 2 aromatic heterocycles. The van der Waals surface area contributed by atoms with Crippen molar-refractivity contribution in [2.24, 2.45) is 0 Å². The van der Waals surface area contributed by atoms with Crippen molar-refractivity contribution < 1.29 is 58.2 Å². The molecule has 0 fully saturated rings. The quantitative estimate of drug-likeness (QED) is 0.117. The summed E-state index contributed by atoms with van der Waals surface area (Å²) < 4.78 is 75.4. The molecule has 0 atom stereocenters. The number of nitrogens with zero attached hydrogens (tertiary/aromatic N) is 2. The smallest absolute Gasteiger partial charge is 0.453 e. The van der Waals surface area contributed by atoms with Gasteiger partial charge in [0.25, 0.3) is 0 Å². The molecular weight excluding hydrogens is 528 g/mol. The van der Waals surface area contributed by atoms with Gasteiger partial charge in [-0.05, 0) is 48.0 Å². The Morgan fingerprint density at radius 3 is 1.35 bits per heavy atom. The van der Waals surface area contributed by atoms with E-state index < -0.39 is 23.3 Å². The first-order chi connectivity index (χ1) is 16.4. The van der Waals surface area contributed by atoms with Gasteiger partial charge in [-0.2, -0.15) is 0 Å². The largest absolute Gasteiger partial charge is 4.00 e. The van der Waals surface area contributed by atoms with Crippen LogP contribution >= 0.6 is 0 Å². The van der Waals surface area contributed by atoms with Crippen LogP contribution in [0, 0.1) is 50.3 Å². The van der Waals surface area contributed by atoms with Crippen LogP contribution in [-0.2, 0) is 31.2 Å². The number of ether oxygens (including phenoxy) is 4. The summed E-state index contributed by atoms with van der Waals surface area (Å²) in [4.78, 5) is 0. The summed E-state index contributed by atoms with van der Waals surface area (Å²) in [6.45, 7) is 0.104. The van der Waals surface area contributed by atoms with Gasteiger partial charge in [-0.1, -0.05) is 0 Å². The second kappa shape index (κ2) is 16.7. The SMILES string of the molecule is COCOc1cccn1-c1ccc(F)[c-]c1F.COCOc1cccn1-c1ccc(F)[c-]c1F.[CH3-].[CH3-].[Ti+4]. The summed E-state index contributed by atoms with van der Waals surface area (Å²) in [7, 11) is 2.97. The molecule has 0 aliphatic carbocycles. The van der Waals surface area contributed by atoms with E-state index in [1.54, 1.807) is 36.7 Å². The molecule has 11 heteroatoms. The van der Waals surface area contributed by atoms with Gasteiger partial charge in [0.15, 0.2) is 25.3 Å². The number of hydrogen-bond acceptors (Lipinski definition) is 4. The van der Waals surface area contributed by atoms with Crippen LogP contribution in [0.2, 0.25) is 0 Å². The maximum Gasteiger partial charge on any atom is 4.00 e. The van der Waals surface area contributed by atoms with E-state index in [-0.39, 0.29) is 61.5 Å². The molecule has 0 radical (unpaired) electrons. The minimum atomic E-state index is -0.775. The van der Waals surface area contributed by atoms with Gasteiger partial charge in [-0.25, -0.2) is 17.6 Å². The third-order valence-corrected chi connectivity index (χ3v) is 4.27. The monoisotopic (exact) mass is 554 g/mol. The van der Waals surface area contributed by atoms with E-state index in [2.05, 4.69) is 0 Å². The van der Waals surface area contributed by atoms with Crippen LogP contribution in [0.3, 0.4) is 0 Å². The van der Waals surface area contributed by atoms with Crippen molar-refractivity contribution in [2.45, 2.75) is 0 Å². The van der Waals surface area contributed by atoms with Gasteiger partial charge in [-0.3, -0.25) is 0 Å². The third-order valence-electron chi connectivity index (χ3n) is 4.27. The van der Waals surface area contributed by atoms with Crippen molar-refractivity contribution in [3.8, 4) is 23.1 Å². The molecule has 0 spiro atoms. The topological polar surface area (TPSA) is 46.8 Å². The predicted octanol–water partition coefficient (Wildman–Crippen LogP) is 5.97. The van der Waals surface area contributed by atoms with Crippen LogP contribution in [-0.4, -0.2) is 36.9 Å². The Kier molecular flexibility index (Phi) is 15.3. The first kappa shape index (κ1) is 34.0. The molecule has 6 nitrogen and oxygen atoms in total. The van der Waals surface area contributed by atoms with Gasteiger partial charge in [0.05, 0.1) is 0 Å². The first-order valence-corrected chi connectivity index (χ1v) is 9.78. The van der Waals surface area contributed by atoms with Crippen molar-refractivity contribution in [2.75, 3.05) is 27.8 Å². The van der Waals surface area contributed by atoms with Crippen LogP contribution in [0.4, 0.5) is 17.6 Å². The van der Waals surface area contributed by atoms with Crippen LogP contribution in [0.1, 0.15) is 0 Å². The molecule has 0 aliphatic rings. The molecule has 0 saturated carbocycles. The van der Waals surface area contributed by atoms with E-state index >= 15 is 0 Å². The van der Waals surface area contributed by atoms with Gasteiger partial charge < -0.3 is 42.9 Å². The third kappa shape index (κ3) is 9.08. The number of rotatable bonds is 8. The second-order valence-electron chi connectivity index (χ2n) is 6.55. The zero-order chi connectivity index (χ0) is 24.5. The van der Waals surface area contributed by atoms with Crippen LogP contribution in [0.5, 0.6) is 11.8 Å². The Morgan fingerprint density at radius 1 is 0.649 bits per heavy atom. The van der Waals surface area contributed by atoms with E-state index in [9.17, 15) is 17.6 Å². The first-order valence-electron chi connectivity index (χ1n) is 9.78. The second-order valence-corrected chi connectivity index (χ2v) is 6.55. The molecule has 4 rings (SSSR count). The van der Waals surface area contributed by atoms with Gasteiger partial charge in [0, 0.05) is 37.5 Å². The van der Waals surface area contributed by atoms with E-state index in [0.717, 1.165) is 12.1 Å². The van der Waals surface area contributed by atoms with E-state index in [0.29, 0.717) is 11.8 Å². The van der Waals surface area contributed by atoms with Crippen LogP contribution in [0.25, 0.3) is 11.4 Å². The van der Waals surface area contributed by atoms with Crippen molar-refractivity contribution in [3.63, 3.8) is 0 Å². The molecule has 0 saturated heterocycles. The molecule has 0 bridgehead atoms. The normalized spacial score (nSPS) is 9.68. The summed E-state index contributed by atoms with van der Waals surface area (Å²) in [5.41, 5.74) is 0.338. The maximum atomic E-state index is 13.5. The predicted molar refractivity (Wildman–Crippen MR) is 127 cm³/mol. The molecule has 37 heavy (non-hydrogen) atoms. The van der Waals surface area contributed by atoms with Gasteiger partial charge in [0.1, 0.15) is 0 Å². The molecule has 196 valence electrons. The van der Waals surface area contributed by atoms with Crippen molar-refractivity contribution in [3.05, 3.63) is 111 Å². The molecule has 2 heterocycles. The molecule has 0 aliphatic heterocycles. The molecular formula is C26H26F4N2O4Ti. The average Bonchev–Trinajstić information content (AvgIpc) is 3.46. The van der Waals surface area contributed by atoms with Gasteiger partial charge >= 0.3 is 21.7 Å². The fourth-order valence-electron chi connectivity index (χ4n) is 2.85. The fourth-order valence-corrected chi connectivity index (χ4v) is 2.85. The summed E-state index contributed by atoms with van der Waals surface area (Å²) in [5.74, 6) is -2.21. The van der Waals surface area contributed by atoms with Gasteiger partial charge in [0.2, 0.25) is 0 Å². The Morgan fingerprint density at radius 2 is 1.03 bits per heavy atom. The maximum absolute atomic E-state index is 13.5. The van der Waals surface area contributed by atoms with E-state index in [4.69, 9.17) is 18.9 Å². The standard InChI is InChI=1S/2C12H10F2NO2.2CH3.Ti/c2*1-16-8-17-12-3-2-6-15(12)11-5-4-9(13)7-10(11)14;;;/h2*2-6H,8H2,1H3;2*1H3;/q4*-1;+4. The van der Waals surface area contributed by atoms with Crippen molar-refractivity contribution >= 4 is 0 Å². The Bertz CT molecular complexity index is 1120. The minimum absolute atomic E-state index is 0. The summed E-state index contributed by atoms with van der Waals surface area (Å²) in [6, 6.07) is 15.5. The molecule has 0 unspecified atom stereocenters. The Balaban J connectivity index is 0.000000648. The molecule has 2 aromatic carbocycles. The van der Waals surface area contributed by atoms with Crippen molar-refractivity contribution in [1.29, 1.82) is 0 Å². The molecule has 4 aromatic rings.